The molecule has 1 aromatic heterocycles. The van der Waals surface area contributed by atoms with Gasteiger partial charge in [-0.05, 0) is 50.2 Å². The van der Waals surface area contributed by atoms with E-state index in [9.17, 15) is 36.7 Å². The third kappa shape index (κ3) is 8.55. The summed E-state index contributed by atoms with van der Waals surface area (Å²) in [5.74, 6) is -5.65. The number of benzene rings is 2. The molecule has 0 aliphatic carbocycles. The average Bonchev–Trinajstić information content (AvgIpc) is 3.51. The first-order valence-corrected chi connectivity index (χ1v) is 15.8. The molecule has 1 saturated heterocycles. The van der Waals surface area contributed by atoms with E-state index in [4.69, 9.17) is 40.1 Å². The molecule has 2 heterocycles. The standard InChI is InChI=1S/C29H30ClF2N3O11S/c1-16-14-46-29(39,18-8-19(31)10-20(32)9-18)17(2)35(16)28(38)45-15-44-26(36)5-7-43-27(37)22-11-25(47(33,40)41)23(30)12-24(22)34-13-21-4-3-6-42-21/h3-4,6,8-12,16-17,34,39H,5,7,13-15H2,1-2H3,(H2,33,40,41)/t16-,17-,29+/m1/s1. The Morgan fingerprint density at radius 1 is 1.13 bits per heavy atom. The molecule has 1 aliphatic rings. The van der Waals surface area contributed by atoms with Crippen LogP contribution in [0.1, 0.15) is 41.9 Å². The van der Waals surface area contributed by atoms with Crippen LogP contribution in [0.4, 0.5) is 19.3 Å². The fourth-order valence-corrected chi connectivity index (χ4v) is 5.82. The van der Waals surface area contributed by atoms with Gasteiger partial charge in [-0.1, -0.05) is 11.6 Å². The molecule has 2 aromatic carbocycles. The number of nitrogens with zero attached hydrogens (tertiary/aromatic N) is 1. The zero-order valence-corrected chi connectivity index (χ0v) is 26.5. The van der Waals surface area contributed by atoms with Crippen molar-refractivity contribution >= 4 is 45.3 Å². The topological polar surface area (TPSA) is 197 Å². The molecule has 1 fully saturated rings. The van der Waals surface area contributed by atoms with Gasteiger partial charge >= 0.3 is 18.0 Å². The number of hydrogen-bond donors (Lipinski definition) is 3. The predicted molar refractivity (Wildman–Crippen MR) is 158 cm³/mol. The summed E-state index contributed by atoms with van der Waals surface area (Å²) >= 11 is 6.07. The van der Waals surface area contributed by atoms with Gasteiger partial charge in [0.2, 0.25) is 22.6 Å². The molecule has 0 saturated carbocycles. The summed E-state index contributed by atoms with van der Waals surface area (Å²) in [6, 6.07) is 5.94. The van der Waals surface area contributed by atoms with Crippen molar-refractivity contribution in [1.82, 2.24) is 4.90 Å². The summed E-state index contributed by atoms with van der Waals surface area (Å²) in [6.07, 6.45) is -0.0698. The maximum Gasteiger partial charge on any atom is 0.413 e. The number of carbonyl (C=O) groups is 3. The lowest BCUT2D eigenvalue weighted by Gasteiger charge is -2.47. The monoisotopic (exact) mass is 701 g/mol. The maximum atomic E-state index is 13.8. The lowest BCUT2D eigenvalue weighted by molar-refractivity contribution is -0.280. The van der Waals surface area contributed by atoms with Gasteiger partial charge in [-0.2, -0.15) is 0 Å². The van der Waals surface area contributed by atoms with Crippen molar-refractivity contribution in [3.63, 3.8) is 0 Å². The highest BCUT2D eigenvalue weighted by molar-refractivity contribution is 7.89. The Kier molecular flexibility index (Phi) is 11.1. The largest absolute Gasteiger partial charge is 0.467 e. The van der Waals surface area contributed by atoms with E-state index in [2.05, 4.69) is 5.32 Å². The number of rotatable bonds is 11. The van der Waals surface area contributed by atoms with Gasteiger partial charge in [0.1, 0.15) is 28.9 Å². The van der Waals surface area contributed by atoms with Crippen molar-refractivity contribution in [1.29, 1.82) is 0 Å². The molecule has 1 amide bonds. The minimum atomic E-state index is -4.31. The zero-order valence-electron chi connectivity index (χ0n) is 24.9. The molecule has 3 aromatic rings. The van der Waals surface area contributed by atoms with Crippen LogP contribution in [-0.2, 0) is 46.1 Å². The fourth-order valence-electron chi connectivity index (χ4n) is 4.72. The van der Waals surface area contributed by atoms with E-state index < -0.39 is 82.3 Å². The Morgan fingerprint density at radius 2 is 1.83 bits per heavy atom. The molecular weight excluding hydrogens is 672 g/mol. The Labute approximate surface area is 272 Å². The van der Waals surface area contributed by atoms with Gasteiger partial charge < -0.3 is 33.8 Å². The number of amides is 1. The van der Waals surface area contributed by atoms with E-state index in [1.807, 2.05) is 0 Å². The highest BCUT2D eigenvalue weighted by atomic mass is 35.5. The average molecular weight is 702 g/mol. The van der Waals surface area contributed by atoms with Crippen LogP contribution >= 0.6 is 11.6 Å². The summed E-state index contributed by atoms with van der Waals surface area (Å²) in [4.78, 5) is 38.5. The number of furan rings is 1. The van der Waals surface area contributed by atoms with E-state index in [-0.39, 0.29) is 35.0 Å². The number of nitrogens with two attached hydrogens (primary N) is 1. The SMILES string of the molecule is C[C@@H]1CO[C@](O)(c2cc(F)cc(F)c2)[C@@H](C)N1C(=O)OCOC(=O)CCOC(=O)c1cc(S(N)(=O)=O)c(Cl)cc1NCc1ccco1. The van der Waals surface area contributed by atoms with Crippen LogP contribution in [0, 0.1) is 11.6 Å². The van der Waals surface area contributed by atoms with Crippen LogP contribution < -0.4 is 10.5 Å². The third-order valence-electron chi connectivity index (χ3n) is 7.06. The van der Waals surface area contributed by atoms with E-state index in [0.717, 1.165) is 23.1 Å². The molecule has 0 radical (unpaired) electrons. The van der Waals surface area contributed by atoms with Crippen LogP contribution in [0.2, 0.25) is 5.02 Å². The third-order valence-corrected chi connectivity index (χ3v) is 8.44. The number of aliphatic hydroxyl groups is 1. The lowest BCUT2D eigenvalue weighted by atomic mass is 9.94. The Morgan fingerprint density at radius 3 is 2.47 bits per heavy atom. The summed E-state index contributed by atoms with van der Waals surface area (Å²) < 4.78 is 77.3. The van der Waals surface area contributed by atoms with E-state index in [1.165, 1.54) is 19.3 Å². The Hall–Kier alpha value is -4.29. The smallest absolute Gasteiger partial charge is 0.413 e. The Bertz CT molecular complexity index is 1720. The number of morpholine rings is 1. The normalized spacial score (nSPS) is 19.6. The quantitative estimate of drug-likeness (QED) is 0.194. The zero-order chi connectivity index (χ0) is 34.5. The first kappa shape index (κ1) is 35.6. The molecule has 254 valence electrons. The van der Waals surface area contributed by atoms with Crippen LogP contribution in [0.5, 0.6) is 0 Å². The molecule has 4 rings (SSSR count). The second-order valence-electron chi connectivity index (χ2n) is 10.3. The molecule has 4 N–H and O–H groups in total. The van der Waals surface area contributed by atoms with Crippen LogP contribution in [-0.4, -0.2) is 68.5 Å². The number of hydrogen-bond acceptors (Lipinski definition) is 12. The number of ether oxygens (including phenoxy) is 4. The van der Waals surface area contributed by atoms with E-state index >= 15 is 0 Å². The van der Waals surface area contributed by atoms with Crippen molar-refractivity contribution in [2.75, 3.05) is 25.3 Å². The van der Waals surface area contributed by atoms with Gasteiger partial charge in [0.25, 0.3) is 0 Å². The molecule has 14 nitrogen and oxygen atoms in total. The summed E-state index contributed by atoms with van der Waals surface area (Å²) in [5.41, 5.74) is -0.408. The fraction of sp³-hybridized carbons (Fsp3) is 0.345. The van der Waals surface area contributed by atoms with E-state index in [0.29, 0.717) is 11.8 Å². The Balaban J connectivity index is 1.31. The van der Waals surface area contributed by atoms with Crippen molar-refractivity contribution in [3.05, 3.63) is 82.3 Å². The van der Waals surface area contributed by atoms with Crippen molar-refractivity contribution in [2.45, 2.75) is 49.6 Å². The highest BCUT2D eigenvalue weighted by Crippen LogP contribution is 2.36. The molecule has 0 unspecified atom stereocenters. The molecular formula is C29H30ClF2N3O11S. The van der Waals surface area contributed by atoms with Gasteiger partial charge in [0.05, 0.1) is 54.2 Å². The number of anilines is 1. The second-order valence-corrected chi connectivity index (χ2v) is 12.3. The predicted octanol–water partition coefficient (Wildman–Crippen LogP) is 3.61. The van der Waals surface area contributed by atoms with Gasteiger partial charge in [-0.25, -0.2) is 31.9 Å². The first-order chi connectivity index (χ1) is 22.1. The molecule has 0 spiro atoms. The molecule has 1 aliphatic heterocycles. The second kappa shape index (κ2) is 14.6. The molecule has 3 atom stereocenters. The van der Waals surface area contributed by atoms with Crippen molar-refractivity contribution < 1.29 is 60.1 Å². The molecule has 0 bridgehead atoms. The summed E-state index contributed by atoms with van der Waals surface area (Å²) in [7, 11) is -4.31. The van der Waals surface area contributed by atoms with Crippen LogP contribution in [0.3, 0.4) is 0 Å². The number of carbonyl (C=O) groups excluding carboxylic acids is 3. The minimum Gasteiger partial charge on any atom is -0.467 e. The van der Waals surface area contributed by atoms with E-state index in [1.54, 1.807) is 19.1 Å². The number of halogens is 3. The van der Waals surface area contributed by atoms with Gasteiger partial charge in [0.15, 0.2) is 0 Å². The number of primary sulfonamides is 1. The highest BCUT2D eigenvalue weighted by Gasteiger charge is 2.49. The summed E-state index contributed by atoms with van der Waals surface area (Å²) in [5, 5.41) is 19.0. The summed E-state index contributed by atoms with van der Waals surface area (Å²) in [6.45, 7) is 1.48. The molecule has 18 heteroatoms. The van der Waals surface area contributed by atoms with Gasteiger partial charge in [0, 0.05) is 11.6 Å². The van der Waals surface area contributed by atoms with Crippen molar-refractivity contribution in [2.24, 2.45) is 5.14 Å². The van der Waals surface area contributed by atoms with Crippen molar-refractivity contribution in [3.8, 4) is 0 Å². The number of nitrogens with one attached hydrogen (secondary N) is 1. The maximum absolute atomic E-state index is 13.8. The first-order valence-electron chi connectivity index (χ1n) is 13.8. The van der Waals surface area contributed by atoms with Gasteiger partial charge in [-0.3, -0.25) is 9.69 Å². The lowest BCUT2D eigenvalue weighted by Crippen LogP contribution is -2.62. The van der Waals surface area contributed by atoms with Gasteiger partial charge in [-0.15, -0.1) is 0 Å². The van der Waals surface area contributed by atoms with Crippen LogP contribution in [0.15, 0.2) is 58.0 Å². The number of esters is 2. The molecule has 47 heavy (non-hydrogen) atoms. The minimum absolute atomic E-state index is 0.0966. The number of sulfonamides is 1. The van der Waals surface area contributed by atoms with Crippen LogP contribution in [0.25, 0.3) is 0 Å².